The van der Waals surface area contributed by atoms with Crippen LogP contribution in [0.1, 0.15) is 85.0 Å². The van der Waals surface area contributed by atoms with Gasteiger partial charge in [0.2, 0.25) is 0 Å². The van der Waals surface area contributed by atoms with Crippen LogP contribution in [0.2, 0.25) is 0 Å². The molecular formula is C17H34O. The van der Waals surface area contributed by atoms with Crippen LogP contribution in [0.5, 0.6) is 0 Å². The summed E-state index contributed by atoms with van der Waals surface area (Å²) in [5, 5.41) is 10.2. The van der Waals surface area contributed by atoms with Crippen LogP contribution in [0, 0.1) is 17.8 Å². The zero-order chi connectivity index (χ0) is 13.4. The summed E-state index contributed by atoms with van der Waals surface area (Å²) in [4.78, 5) is 0. The van der Waals surface area contributed by atoms with Gasteiger partial charge in [0.05, 0.1) is 6.10 Å². The molecule has 1 aliphatic carbocycles. The summed E-state index contributed by atoms with van der Waals surface area (Å²) in [6.07, 6.45) is 12.9. The van der Waals surface area contributed by atoms with E-state index >= 15 is 0 Å². The Morgan fingerprint density at radius 2 is 1.67 bits per heavy atom. The first kappa shape index (κ1) is 16.0. The molecule has 1 aliphatic rings. The molecule has 0 spiro atoms. The van der Waals surface area contributed by atoms with Crippen LogP contribution < -0.4 is 0 Å². The summed E-state index contributed by atoms with van der Waals surface area (Å²) in [7, 11) is 0. The van der Waals surface area contributed by atoms with Crippen molar-refractivity contribution in [3.63, 3.8) is 0 Å². The first-order valence-corrected chi connectivity index (χ1v) is 8.31. The number of aliphatic hydroxyl groups is 1. The molecule has 18 heavy (non-hydrogen) atoms. The van der Waals surface area contributed by atoms with E-state index < -0.39 is 0 Å². The van der Waals surface area contributed by atoms with Crippen molar-refractivity contribution in [2.24, 2.45) is 17.8 Å². The molecule has 108 valence electrons. The van der Waals surface area contributed by atoms with E-state index in [-0.39, 0.29) is 6.10 Å². The molecule has 1 rings (SSSR count). The van der Waals surface area contributed by atoms with E-state index in [9.17, 15) is 5.11 Å². The largest absolute Gasteiger partial charge is 0.393 e. The van der Waals surface area contributed by atoms with Crippen LogP contribution in [0.4, 0.5) is 0 Å². The van der Waals surface area contributed by atoms with Crippen molar-refractivity contribution in [3.8, 4) is 0 Å². The Kier molecular flexibility index (Phi) is 7.97. The fourth-order valence-electron chi connectivity index (χ4n) is 3.33. The molecule has 0 aromatic heterocycles. The molecule has 0 saturated heterocycles. The highest BCUT2D eigenvalue weighted by Gasteiger charge is 2.25. The van der Waals surface area contributed by atoms with E-state index in [1.54, 1.807) is 0 Å². The molecule has 1 atom stereocenters. The minimum Gasteiger partial charge on any atom is -0.393 e. The van der Waals surface area contributed by atoms with Gasteiger partial charge >= 0.3 is 0 Å². The fraction of sp³-hybridized carbons (Fsp3) is 1.00. The molecule has 0 amide bonds. The summed E-state index contributed by atoms with van der Waals surface area (Å²) >= 11 is 0. The molecule has 0 radical (unpaired) electrons. The molecule has 1 heteroatoms. The fourth-order valence-corrected chi connectivity index (χ4v) is 3.33. The lowest BCUT2D eigenvalue weighted by Gasteiger charge is -2.31. The van der Waals surface area contributed by atoms with Gasteiger partial charge in [0.1, 0.15) is 0 Å². The molecule has 0 aromatic rings. The zero-order valence-corrected chi connectivity index (χ0v) is 12.8. The minimum atomic E-state index is -0.0177. The van der Waals surface area contributed by atoms with E-state index in [0.717, 1.165) is 18.3 Å². The maximum atomic E-state index is 10.2. The Labute approximate surface area is 114 Å². The Hall–Kier alpha value is -0.0400. The smallest absolute Gasteiger partial charge is 0.0568 e. The third-order valence-electron chi connectivity index (χ3n) is 4.68. The van der Waals surface area contributed by atoms with Gasteiger partial charge in [-0.05, 0) is 37.0 Å². The van der Waals surface area contributed by atoms with Gasteiger partial charge in [0.15, 0.2) is 0 Å². The highest BCUT2D eigenvalue weighted by molar-refractivity contribution is 4.77. The van der Waals surface area contributed by atoms with Gasteiger partial charge in [-0.25, -0.2) is 0 Å². The van der Waals surface area contributed by atoms with Crippen LogP contribution in [-0.2, 0) is 0 Å². The van der Waals surface area contributed by atoms with Crippen molar-refractivity contribution in [2.45, 2.75) is 91.1 Å². The van der Waals surface area contributed by atoms with Crippen LogP contribution >= 0.6 is 0 Å². The second-order valence-corrected chi connectivity index (χ2v) is 6.82. The first-order valence-electron chi connectivity index (χ1n) is 8.31. The Morgan fingerprint density at radius 3 is 2.22 bits per heavy atom. The molecule has 0 bridgehead atoms. The Bertz CT molecular complexity index is 192. The van der Waals surface area contributed by atoms with Gasteiger partial charge in [-0.3, -0.25) is 0 Å². The zero-order valence-electron chi connectivity index (χ0n) is 12.8. The van der Waals surface area contributed by atoms with Crippen molar-refractivity contribution >= 4 is 0 Å². The lowest BCUT2D eigenvalue weighted by Crippen LogP contribution is -2.25. The average molecular weight is 254 g/mol. The van der Waals surface area contributed by atoms with E-state index in [1.807, 2.05) is 0 Å². The van der Waals surface area contributed by atoms with Crippen LogP contribution in [0.3, 0.4) is 0 Å². The van der Waals surface area contributed by atoms with Gasteiger partial charge in [-0.1, -0.05) is 65.7 Å². The third kappa shape index (κ3) is 6.22. The van der Waals surface area contributed by atoms with Crippen molar-refractivity contribution in [3.05, 3.63) is 0 Å². The summed E-state index contributed by atoms with van der Waals surface area (Å²) in [6.45, 7) is 6.82. The molecule has 1 nitrogen and oxygen atoms in total. The van der Waals surface area contributed by atoms with Crippen LogP contribution in [0.15, 0.2) is 0 Å². The highest BCUT2D eigenvalue weighted by atomic mass is 16.3. The lowest BCUT2D eigenvalue weighted by atomic mass is 9.76. The van der Waals surface area contributed by atoms with E-state index in [0.29, 0.717) is 5.92 Å². The normalized spacial score (nSPS) is 26.5. The second-order valence-electron chi connectivity index (χ2n) is 6.82. The number of aliphatic hydroxyl groups excluding tert-OH is 1. The molecule has 1 fully saturated rings. The van der Waals surface area contributed by atoms with Crippen molar-refractivity contribution < 1.29 is 5.11 Å². The second kappa shape index (κ2) is 8.96. The highest BCUT2D eigenvalue weighted by Crippen LogP contribution is 2.34. The molecule has 1 saturated carbocycles. The van der Waals surface area contributed by atoms with Crippen LogP contribution in [-0.4, -0.2) is 11.2 Å². The monoisotopic (exact) mass is 254 g/mol. The van der Waals surface area contributed by atoms with E-state index in [4.69, 9.17) is 0 Å². The Morgan fingerprint density at radius 1 is 1.00 bits per heavy atom. The van der Waals surface area contributed by atoms with Gasteiger partial charge in [0, 0.05) is 0 Å². The van der Waals surface area contributed by atoms with E-state index in [2.05, 4.69) is 20.8 Å². The molecule has 0 aliphatic heterocycles. The first-order chi connectivity index (χ1) is 8.63. The summed E-state index contributed by atoms with van der Waals surface area (Å²) in [5.74, 6) is 2.35. The number of rotatable bonds is 8. The molecular weight excluding hydrogens is 220 g/mol. The standard InChI is InChI=1S/C17H34O/c1-4-5-8-15-10-12-16(13-11-15)17(18)9-6-7-14(2)3/h14-18H,4-13H2,1-3H3. The van der Waals surface area contributed by atoms with Gasteiger partial charge < -0.3 is 5.11 Å². The lowest BCUT2D eigenvalue weighted by molar-refractivity contribution is 0.0628. The molecule has 0 heterocycles. The average Bonchev–Trinajstić information content (AvgIpc) is 2.36. The predicted molar refractivity (Wildman–Crippen MR) is 79.7 cm³/mol. The Balaban J connectivity index is 2.13. The predicted octanol–water partition coefficient (Wildman–Crippen LogP) is 5.17. The van der Waals surface area contributed by atoms with Gasteiger partial charge in [0.25, 0.3) is 0 Å². The number of hydrogen-bond acceptors (Lipinski definition) is 1. The number of unbranched alkanes of at least 4 members (excludes halogenated alkanes) is 1. The van der Waals surface area contributed by atoms with Gasteiger partial charge in [-0.2, -0.15) is 0 Å². The summed E-state index contributed by atoms with van der Waals surface area (Å²) < 4.78 is 0. The minimum absolute atomic E-state index is 0.0177. The quantitative estimate of drug-likeness (QED) is 0.633. The maximum absolute atomic E-state index is 10.2. The van der Waals surface area contributed by atoms with Crippen LogP contribution in [0.25, 0.3) is 0 Å². The molecule has 1 N–H and O–H groups in total. The van der Waals surface area contributed by atoms with Crippen molar-refractivity contribution in [2.75, 3.05) is 0 Å². The third-order valence-corrected chi connectivity index (χ3v) is 4.68. The molecule has 0 aromatic carbocycles. The van der Waals surface area contributed by atoms with Crippen molar-refractivity contribution in [1.82, 2.24) is 0 Å². The topological polar surface area (TPSA) is 20.2 Å². The molecule has 1 unspecified atom stereocenters. The number of hydrogen-bond donors (Lipinski definition) is 1. The van der Waals surface area contributed by atoms with Crippen molar-refractivity contribution in [1.29, 1.82) is 0 Å². The SMILES string of the molecule is CCCCC1CCC(C(O)CCCC(C)C)CC1. The van der Waals surface area contributed by atoms with E-state index in [1.165, 1.54) is 57.8 Å². The summed E-state index contributed by atoms with van der Waals surface area (Å²) in [5.41, 5.74) is 0. The maximum Gasteiger partial charge on any atom is 0.0568 e. The van der Waals surface area contributed by atoms with Gasteiger partial charge in [-0.15, -0.1) is 0 Å². The summed E-state index contributed by atoms with van der Waals surface area (Å²) in [6, 6.07) is 0.